The van der Waals surface area contributed by atoms with Gasteiger partial charge in [-0.3, -0.25) is 19.7 Å². The number of hydrogen-bond donors (Lipinski definition) is 0. The summed E-state index contributed by atoms with van der Waals surface area (Å²) in [6.07, 6.45) is 0.614. The molecule has 0 radical (unpaired) electrons. The van der Waals surface area contributed by atoms with Crippen molar-refractivity contribution in [2.45, 2.75) is 38.1 Å². The third-order valence-electron chi connectivity index (χ3n) is 6.14. The van der Waals surface area contributed by atoms with Crippen molar-refractivity contribution in [2.75, 3.05) is 19.7 Å². The maximum absolute atomic E-state index is 13.1. The number of esters is 1. The van der Waals surface area contributed by atoms with Crippen LogP contribution in [0.3, 0.4) is 0 Å². The standard InChI is InChI=1S/C24H26N4O7S2/c1-3-35-22(29)15-27-20-14-18(28(31)32)6-9-21(20)36-24(27)25-23(30)17-10-12-26(13-11-17)37(33,34)19-7-4-16(2)5-8-19/h4-9,14,17H,3,10-13,15H2,1-2H3. The molecule has 0 aliphatic carbocycles. The van der Waals surface area contributed by atoms with E-state index in [9.17, 15) is 28.1 Å². The summed E-state index contributed by atoms with van der Waals surface area (Å²) in [4.78, 5) is 40.7. The molecule has 1 aromatic heterocycles. The van der Waals surface area contributed by atoms with Crippen LogP contribution in [0.15, 0.2) is 52.4 Å². The van der Waals surface area contributed by atoms with Gasteiger partial charge in [0, 0.05) is 31.1 Å². The summed E-state index contributed by atoms with van der Waals surface area (Å²) in [6.45, 7) is 3.82. The molecule has 1 aliphatic rings. The summed E-state index contributed by atoms with van der Waals surface area (Å²) >= 11 is 1.14. The number of benzene rings is 2. The van der Waals surface area contributed by atoms with Crippen LogP contribution in [-0.4, -0.2) is 53.8 Å². The Morgan fingerprint density at radius 3 is 2.46 bits per heavy atom. The van der Waals surface area contributed by atoms with Gasteiger partial charge in [0.05, 0.1) is 26.6 Å². The zero-order valence-corrected chi connectivity index (χ0v) is 22.0. The summed E-state index contributed by atoms with van der Waals surface area (Å²) in [7, 11) is -3.66. The van der Waals surface area contributed by atoms with Crippen molar-refractivity contribution in [2.24, 2.45) is 10.9 Å². The van der Waals surface area contributed by atoms with E-state index in [1.165, 1.54) is 21.0 Å². The molecule has 3 aromatic rings. The molecule has 13 heteroatoms. The Kier molecular flexibility index (Phi) is 7.85. The lowest BCUT2D eigenvalue weighted by Crippen LogP contribution is -2.40. The highest BCUT2D eigenvalue weighted by Gasteiger charge is 2.32. The number of aromatic nitrogens is 1. The van der Waals surface area contributed by atoms with Crippen molar-refractivity contribution in [3.63, 3.8) is 0 Å². The van der Waals surface area contributed by atoms with E-state index < -0.39 is 32.7 Å². The monoisotopic (exact) mass is 546 g/mol. The van der Waals surface area contributed by atoms with Crippen LogP contribution in [-0.2, 0) is 30.9 Å². The number of piperidine rings is 1. The first-order chi connectivity index (χ1) is 17.6. The normalized spacial score (nSPS) is 15.7. The van der Waals surface area contributed by atoms with E-state index in [4.69, 9.17) is 4.74 Å². The summed E-state index contributed by atoms with van der Waals surface area (Å²) in [5.41, 5.74) is 1.21. The first kappa shape index (κ1) is 26.6. The zero-order chi connectivity index (χ0) is 26.7. The molecule has 11 nitrogen and oxygen atoms in total. The second-order valence-electron chi connectivity index (χ2n) is 8.63. The van der Waals surface area contributed by atoms with E-state index in [1.807, 2.05) is 6.92 Å². The second-order valence-corrected chi connectivity index (χ2v) is 11.6. The number of carbonyl (C=O) groups excluding carboxylic acids is 2. The molecule has 2 aromatic carbocycles. The molecular weight excluding hydrogens is 520 g/mol. The number of rotatable bonds is 7. The molecule has 0 atom stereocenters. The highest BCUT2D eigenvalue weighted by Crippen LogP contribution is 2.26. The average Bonchev–Trinajstić information content (AvgIpc) is 3.20. The number of carbonyl (C=O) groups is 2. The maximum Gasteiger partial charge on any atom is 0.326 e. The van der Waals surface area contributed by atoms with Crippen LogP contribution in [0.1, 0.15) is 25.3 Å². The number of nitrogens with zero attached hydrogens (tertiary/aromatic N) is 4. The second kappa shape index (κ2) is 10.9. The topological polar surface area (TPSA) is 141 Å². The summed E-state index contributed by atoms with van der Waals surface area (Å²) in [5.74, 6) is -1.47. The summed E-state index contributed by atoms with van der Waals surface area (Å²) < 4.78 is 34.4. The minimum Gasteiger partial charge on any atom is -0.465 e. The van der Waals surface area contributed by atoms with Gasteiger partial charge in [0.25, 0.3) is 11.6 Å². The predicted molar refractivity (Wildman–Crippen MR) is 136 cm³/mol. The Balaban J connectivity index is 1.58. The molecule has 0 bridgehead atoms. The van der Waals surface area contributed by atoms with Crippen LogP contribution >= 0.6 is 11.3 Å². The summed E-state index contributed by atoms with van der Waals surface area (Å²) in [6, 6.07) is 10.9. The van der Waals surface area contributed by atoms with Crippen molar-refractivity contribution in [1.82, 2.24) is 8.87 Å². The minimum absolute atomic E-state index is 0.150. The van der Waals surface area contributed by atoms with Crippen LogP contribution in [0.4, 0.5) is 5.69 Å². The van der Waals surface area contributed by atoms with Crippen molar-refractivity contribution < 1.29 is 27.7 Å². The molecule has 0 N–H and O–H groups in total. The molecular formula is C24H26N4O7S2. The van der Waals surface area contributed by atoms with Crippen LogP contribution in [0.2, 0.25) is 0 Å². The molecule has 196 valence electrons. The minimum atomic E-state index is -3.66. The van der Waals surface area contributed by atoms with Crippen LogP contribution < -0.4 is 4.80 Å². The third-order valence-corrected chi connectivity index (χ3v) is 9.11. The fourth-order valence-corrected chi connectivity index (χ4v) is 6.62. The van der Waals surface area contributed by atoms with Gasteiger partial charge in [-0.2, -0.15) is 9.30 Å². The number of ether oxygens (including phenoxy) is 1. The Bertz CT molecular complexity index is 1520. The Morgan fingerprint density at radius 1 is 1.16 bits per heavy atom. The molecule has 0 spiro atoms. The number of aryl methyl sites for hydroxylation is 1. The Hall–Kier alpha value is -3.42. The van der Waals surface area contributed by atoms with E-state index in [1.54, 1.807) is 37.3 Å². The highest BCUT2D eigenvalue weighted by atomic mass is 32.2. The Labute approximate surface area is 217 Å². The van der Waals surface area contributed by atoms with Crippen molar-refractivity contribution in [3.8, 4) is 0 Å². The van der Waals surface area contributed by atoms with Crippen LogP contribution in [0.25, 0.3) is 10.2 Å². The number of amides is 1. The molecule has 1 fully saturated rings. The van der Waals surface area contributed by atoms with Gasteiger partial charge in [-0.25, -0.2) is 8.42 Å². The third kappa shape index (κ3) is 5.78. The fraction of sp³-hybridized carbons (Fsp3) is 0.375. The van der Waals surface area contributed by atoms with E-state index in [-0.39, 0.29) is 41.6 Å². The van der Waals surface area contributed by atoms with Gasteiger partial charge in [0.1, 0.15) is 6.54 Å². The number of sulfonamides is 1. The van der Waals surface area contributed by atoms with Crippen LogP contribution in [0.5, 0.6) is 0 Å². The molecule has 37 heavy (non-hydrogen) atoms. The number of hydrogen-bond acceptors (Lipinski definition) is 8. The molecule has 0 saturated carbocycles. The van der Waals surface area contributed by atoms with Gasteiger partial charge in [0.15, 0.2) is 4.80 Å². The van der Waals surface area contributed by atoms with Gasteiger partial charge >= 0.3 is 5.97 Å². The van der Waals surface area contributed by atoms with Gasteiger partial charge in [-0.1, -0.05) is 29.0 Å². The number of fused-ring (bicyclic) bond motifs is 1. The highest BCUT2D eigenvalue weighted by molar-refractivity contribution is 7.89. The maximum atomic E-state index is 13.1. The smallest absolute Gasteiger partial charge is 0.326 e. The van der Waals surface area contributed by atoms with Crippen molar-refractivity contribution >= 4 is 49.1 Å². The van der Waals surface area contributed by atoms with Crippen molar-refractivity contribution in [1.29, 1.82) is 0 Å². The van der Waals surface area contributed by atoms with Gasteiger partial charge in [-0.15, -0.1) is 0 Å². The number of nitro benzene ring substituents is 1. The molecule has 1 saturated heterocycles. The fourth-order valence-electron chi connectivity index (χ4n) is 4.13. The molecule has 1 amide bonds. The molecule has 2 heterocycles. The van der Waals surface area contributed by atoms with E-state index in [0.717, 1.165) is 16.9 Å². The number of thiazole rings is 1. The van der Waals surface area contributed by atoms with Crippen LogP contribution in [0, 0.1) is 23.0 Å². The largest absolute Gasteiger partial charge is 0.465 e. The Morgan fingerprint density at radius 2 is 1.84 bits per heavy atom. The first-order valence-corrected chi connectivity index (χ1v) is 13.9. The molecule has 4 rings (SSSR count). The lowest BCUT2D eigenvalue weighted by molar-refractivity contribution is -0.384. The molecule has 1 aliphatic heterocycles. The summed E-state index contributed by atoms with van der Waals surface area (Å²) in [5, 5.41) is 11.3. The van der Waals surface area contributed by atoms with E-state index >= 15 is 0 Å². The lowest BCUT2D eigenvalue weighted by atomic mass is 9.98. The molecule has 0 unspecified atom stereocenters. The lowest BCUT2D eigenvalue weighted by Gasteiger charge is -2.29. The predicted octanol–water partition coefficient (Wildman–Crippen LogP) is 3.01. The number of nitro groups is 1. The zero-order valence-electron chi connectivity index (χ0n) is 20.3. The average molecular weight is 547 g/mol. The van der Waals surface area contributed by atoms with Gasteiger partial charge < -0.3 is 9.30 Å². The van der Waals surface area contributed by atoms with E-state index in [0.29, 0.717) is 23.1 Å². The van der Waals surface area contributed by atoms with Gasteiger partial charge in [-0.05, 0) is 44.9 Å². The SMILES string of the molecule is CCOC(=O)Cn1c(=NC(=O)C2CCN(S(=O)(=O)c3ccc(C)cc3)CC2)sc2ccc([N+](=O)[O-])cc21. The van der Waals surface area contributed by atoms with Crippen molar-refractivity contribution in [3.05, 3.63) is 62.9 Å². The number of non-ortho nitro benzene ring substituents is 1. The van der Waals surface area contributed by atoms with Gasteiger partial charge in [0.2, 0.25) is 10.0 Å². The van der Waals surface area contributed by atoms with E-state index in [2.05, 4.69) is 4.99 Å². The first-order valence-electron chi connectivity index (χ1n) is 11.7. The quantitative estimate of drug-likeness (QED) is 0.252.